The summed E-state index contributed by atoms with van der Waals surface area (Å²) in [6, 6.07) is 13.4. The maximum absolute atomic E-state index is 12.4. The number of sulfonamides is 1. The second kappa shape index (κ2) is 8.68. The van der Waals surface area contributed by atoms with Crippen molar-refractivity contribution in [2.45, 2.75) is 11.3 Å². The van der Waals surface area contributed by atoms with Gasteiger partial charge in [0.25, 0.3) is 5.69 Å². The number of para-hydroxylation sites is 1. The first-order valence-corrected chi connectivity index (χ1v) is 10.6. The lowest BCUT2D eigenvalue weighted by atomic mass is 10.1. The minimum absolute atomic E-state index is 0.169. The number of rotatable bonds is 7. The Balaban J connectivity index is 1.58. The molecule has 1 N–H and O–H groups in total. The number of likely N-dealkylation sites (N-methyl/N-ethyl adjacent to an activating group) is 1. The van der Waals surface area contributed by atoms with Crippen molar-refractivity contribution in [3.63, 3.8) is 0 Å². The number of anilines is 1. The first kappa shape index (κ1) is 20.2. The number of nitro benzene ring substituents is 1. The van der Waals surface area contributed by atoms with Gasteiger partial charge in [0.15, 0.2) is 4.90 Å². The van der Waals surface area contributed by atoms with Crippen molar-refractivity contribution < 1.29 is 13.3 Å². The van der Waals surface area contributed by atoms with Gasteiger partial charge in [0.05, 0.1) is 4.92 Å². The maximum Gasteiger partial charge on any atom is 0.289 e. The maximum atomic E-state index is 12.4. The van der Waals surface area contributed by atoms with E-state index in [1.54, 1.807) is 0 Å². The van der Waals surface area contributed by atoms with Crippen LogP contribution in [-0.4, -0.2) is 58.0 Å². The van der Waals surface area contributed by atoms with E-state index in [9.17, 15) is 18.5 Å². The normalized spacial score (nSPS) is 15.5. The Morgan fingerprint density at radius 1 is 1.04 bits per heavy atom. The van der Waals surface area contributed by atoms with Gasteiger partial charge in [-0.1, -0.05) is 24.3 Å². The number of nitrogens with zero attached hydrogens (tertiary/aromatic N) is 3. The fraction of sp³-hybridized carbons (Fsp3) is 0.368. The van der Waals surface area contributed by atoms with Gasteiger partial charge in [0.1, 0.15) is 0 Å². The first-order chi connectivity index (χ1) is 13.4. The minimum atomic E-state index is -3.94. The molecule has 0 spiro atoms. The van der Waals surface area contributed by atoms with Crippen molar-refractivity contribution >= 4 is 21.4 Å². The van der Waals surface area contributed by atoms with Crippen LogP contribution < -0.4 is 9.62 Å². The SMILES string of the molecule is CN1CCN(c2ccc(CCNS(=O)(=O)c3ccccc3[N+](=O)[O-])cc2)CC1. The van der Waals surface area contributed by atoms with Crippen molar-refractivity contribution in [2.24, 2.45) is 0 Å². The van der Waals surface area contributed by atoms with E-state index in [0.29, 0.717) is 6.42 Å². The molecule has 0 atom stereocenters. The molecule has 0 aliphatic carbocycles. The summed E-state index contributed by atoms with van der Waals surface area (Å²) < 4.78 is 27.3. The number of hydrogen-bond donors (Lipinski definition) is 1. The van der Waals surface area contributed by atoms with Crippen LogP contribution >= 0.6 is 0 Å². The fourth-order valence-electron chi connectivity index (χ4n) is 3.18. The highest BCUT2D eigenvalue weighted by atomic mass is 32.2. The van der Waals surface area contributed by atoms with Crippen LogP contribution in [0.2, 0.25) is 0 Å². The zero-order valence-corrected chi connectivity index (χ0v) is 16.6. The van der Waals surface area contributed by atoms with E-state index in [-0.39, 0.29) is 11.4 Å². The molecule has 28 heavy (non-hydrogen) atoms. The molecular weight excluding hydrogens is 380 g/mol. The summed E-state index contributed by atoms with van der Waals surface area (Å²) in [4.78, 5) is 14.7. The van der Waals surface area contributed by atoms with Crippen molar-refractivity contribution in [3.8, 4) is 0 Å². The van der Waals surface area contributed by atoms with Gasteiger partial charge in [-0.2, -0.15) is 0 Å². The molecule has 8 nitrogen and oxygen atoms in total. The molecule has 2 aromatic carbocycles. The molecule has 0 radical (unpaired) electrons. The lowest BCUT2D eigenvalue weighted by molar-refractivity contribution is -0.387. The Morgan fingerprint density at radius 3 is 2.32 bits per heavy atom. The average Bonchev–Trinajstić information content (AvgIpc) is 2.69. The second-order valence-corrected chi connectivity index (χ2v) is 8.56. The Morgan fingerprint density at radius 2 is 1.68 bits per heavy atom. The summed E-state index contributed by atoms with van der Waals surface area (Å²) in [5.41, 5.74) is 1.74. The smallest absolute Gasteiger partial charge is 0.289 e. The summed E-state index contributed by atoms with van der Waals surface area (Å²) in [6.45, 7) is 4.23. The van der Waals surface area contributed by atoms with Crippen LogP contribution in [0.4, 0.5) is 11.4 Å². The van der Waals surface area contributed by atoms with Crippen LogP contribution in [0.5, 0.6) is 0 Å². The number of hydrogen-bond acceptors (Lipinski definition) is 6. The molecule has 1 aliphatic rings. The van der Waals surface area contributed by atoms with Crippen LogP contribution in [0.1, 0.15) is 5.56 Å². The van der Waals surface area contributed by atoms with Gasteiger partial charge in [-0.3, -0.25) is 10.1 Å². The molecule has 1 fully saturated rings. The molecule has 150 valence electrons. The average molecular weight is 404 g/mol. The second-order valence-electron chi connectivity index (χ2n) is 6.83. The molecule has 1 saturated heterocycles. The van der Waals surface area contributed by atoms with Gasteiger partial charge >= 0.3 is 0 Å². The van der Waals surface area contributed by atoms with E-state index >= 15 is 0 Å². The van der Waals surface area contributed by atoms with E-state index in [0.717, 1.165) is 37.4 Å². The molecule has 1 aliphatic heterocycles. The Kier molecular flexibility index (Phi) is 6.28. The third-order valence-electron chi connectivity index (χ3n) is 4.86. The highest BCUT2D eigenvalue weighted by molar-refractivity contribution is 7.89. The van der Waals surface area contributed by atoms with Gasteiger partial charge < -0.3 is 9.80 Å². The summed E-state index contributed by atoms with van der Waals surface area (Å²) >= 11 is 0. The minimum Gasteiger partial charge on any atom is -0.369 e. The summed E-state index contributed by atoms with van der Waals surface area (Å²) in [6.07, 6.45) is 0.503. The molecule has 0 bridgehead atoms. The third kappa shape index (κ3) is 4.86. The number of benzene rings is 2. The molecular formula is C19H24N4O4S. The van der Waals surface area contributed by atoms with E-state index < -0.39 is 20.6 Å². The zero-order valence-electron chi connectivity index (χ0n) is 15.7. The Labute approximate surface area is 165 Å². The predicted molar refractivity (Wildman–Crippen MR) is 108 cm³/mol. The van der Waals surface area contributed by atoms with E-state index in [4.69, 9.17) is 0 Å². The molecule has 0 saturated carbocycles. The van der Waals surface area contributed by atoms with Crippen LogP contribution in [-0.2, 0) is 16.4 Å². The first-order valence-electron chi connectivity index (χ1n) is 9.12. The fourth-order valence-corrected chi connectivity index (χ4v) is 4.38. The molecule has 0 amide bonds. The lowest BCUT2D eigenvalue weighted by Crippen LogP contribution is -2.44. The summed E-state index contributed by atoms with van der Waals surface area (Å²) in [5, 5.41) is 11.1. The van der Waals surface area contributed by atoms with E-state index in [1.165, 1.54) is 24.3 Å². The number of nitrogens with one attached hydrogen (secondary N) is 1. The van der Waals surface area contributed by atoms with Crippen molar-refractivity contribution in [3.05, 3.63) is 64.2 Å². The molecule has 0 aromatic heterocycles. The molecule has 3 rings (SSSR count). The Bertz CT molecular complexity index is 923. The summed E-state index contributed by atoms with van der Waals surface area (Å²) in [7, 11) is -1.82. The van der Waals surface area contributed by atoms with Crippen molar-refractivity contribution in [1.82, 2.24) is 9.62 Å². The standard InChI is InChI=1S/C19H24N4O4S/c1-21-12-14-22(15-13-21)17-8-6-16(7-9-17)10-11-20-28(26,27)19-5-3-2-4-18(19)23(24)25/h2-9,20H,10-15H2,1H3. The van der Waals surface area contributed by atoms with Gasteiger partial charge in [-0.05, 0) is 37.2 Å². The molecule has 2 aromatic rings. The topological polar surface area (TPSA) is 95.8 Å². The molecule has 9 heteroatoms. The van der Waals surface area contributed by atoms with Gasteiger partial charge in [-0.25, -0.2) is 13.1 Å². The largest absolute Gasteiger partial charge is 0.369 e. The lowest BCUT2D eigenvalue weighted by Gasteiger charge is -2.34. The van der Waals surface area contributed by atoms with E-state index in [1.807, 2.05) is 12.1 Å². The Hall–Kier alpha value is -2.49. The monoisotopic (exact) mass is 404 g/mol. The van der Waals surface area contributed by atoms with Crippen LogP contribution in [0.3, 0.4) is 0 Å². The molecule has 0 unspecified atom stereocenters. The molecule has 1 heterocycles. The van der Waals surface area contributed by atoms with Gasteiger partial charge in [-0.15, -0.1) is 0 Å². The van der Waals surface area contributed by atoms with Crippen LogP contribution in [0, 0.1) is 10.1 Å². The highest BCUT2D eigenvalue weighted by Gasteiger charge is 2.24. The van der Waals surface area contributed by atoms with Crippen LogP contribution in [0.25, 0.3) is 0 Å². The van der Waals surface area contributed by atoms with Crippen molar-refractivity contribution in [1.29, 1.82) is 0 Å². The van der Waals surface area contributed by atoms with Gasteiger partial charge in [0, 0.05) is 44.5 Å². The van der Waals surface area contributed by atoms with Gasteiger partial charge in [0.2, 0.25) is 10.0 Å². The van der Waals surface area contributed by atoms with Crippen LogP contribution in [0.15, 0.2) is 53.4 Å². The number of piperazine rings is 1. The van der Waals surface area contributed by atoms with E-state index in [2.05, 4.69) is 33.7 Å². The quantitative estimate of drug-likeness (QED) is 0.559. The highest BCUT2D eigenvalue weighted by Crippen LogP contribution is 2.22. The zero-order chi connectivity index (χ0) is 20.1. The summed E-state index contributed by atoms with van der Waals surface area (Å²) in [5.74, 6) is 0. The van der Waals surface area contributed by atoms with Crippen molar-refractivity contribution in [2.75, 3.05) is 44.7 Å². The predicted octanol–water partition coefficient (Wildman–Crippen LogP) is 1.87. The third-order valence-corrected chi connectivity index (χ3v) is 6.37. The number of nitro groups is 1.